The van der Waals surface area contributed by atoms with E-state index in [2.05, 4.69) is 30.9 Å². The van der Waals surface area contributed by atoms with Crippen molar-refractivity contribution >= 4 is 39.7 Å². The lowest BCUT2D eigenvalue weighted by atomic mass is 10.2. The molecule has 35 heavy (non-hydrogen) atoms. The van der Waals surface area contributed by atoms with Crippen LogP contribution in [0.4, 0.5) is 17.1 Å². The zero-order valence-electron chi connectivity index (χ0n) is 19.9. The Morgan fingerprint density at radius 3 is 2.77 bits per heavy atom. The highest BCUT2D eigenvalue weighted by atomic mass is 32.2. The lowest BCUT2D eigenvalue weighted by Gasteiger charge is -2.26. The number of amides is 1. The first-order valence-electron chi connectivity index (χ1n) is 11.7. The second kappa shape index (κ2) is 9.67. The molecular formula is C24H30N8O2S. The van der Waals surface area contributed by atoms with Gasteiger partial charge >= 0.3 is 0 Å². The topological polar surface area (TPSA) is 107 Å². The van der Waals surface area contributed by atoms with E-state index in [0.29, 0.717) is 23.1 Å². The van der Waals surface area contributed by atoms with E-state index in [0.717, 1.165) is 31.0 Å². The van der Waals surface area contributed by atoms with Gasteiger partial charge in [0.2, 0.25) is 11.9 Å². The Kier molecular flexibility index (Phi) is 6.44. The highest BCUT2D eigenvalue weighted by Gasteiger charge is 2.60. The van der Waals surface area contributed by atoms with Crippen molar-refractivity contribution in [3.63, 3.8) is 0 Å². The zero-order chi connectivity index (χ0) is 24.4. The SMILES string of the molecule is Cn1cc(NC2=NC=C(S(C)=O)C3(Nc4cccc(NC(=O)/C=C/CN5CCCC5)c4)CN23)cn1. The molecule has 2 fully saturated rings. The summed E-state index contributed by atoms with van der Waals surface area (Å²) in [5.74, 6) is 0.503. The number of nitrogens with zero attached hydrogens (tertiary/aromatic N) is 5. The van der Waals surface area contributed by atoms with Crippen LogP contribution in [0.2, 0.25) is 0 Å². The van der Waals surface area contributed by atoms with Crippen LogP contribution in [0.3, 0.4) is 0 Å². The van der Waals surface area contributed by atoms with Crippen LogP contribution in [0.15, 0.2) is 64.9 Å². The number of guanidine groups is 1. The van der Waals surface area contributed by atoms with Crippen molar-refractivity contribution < 1.29 is 9.00 Å². The first kappa shape index (κ1) is 23.3. The van der Waals surface area contributed by atoms with Gasteiger partial charge in [0.05, 0.1) is 34.1 Å². The third-order valence-electron chi connectivity index (χ3n) is 6.30. The highest BCUT2D eigenvalue weighted by molar-refractivity contribution is 7.88. The number of aryl methyl sites for hydroxylation is 1. The fraction of sp³-hybridized carbons (Fsp3) is 0.375. The number of carbonyl (C=O) groups excluding carboxylic acids is 1. The van der Waals surface area contributed by atoms with Crippen LogP contribution in [0, 0.1) is 0 Å². The average molecular weight is 495 g/mol. The molecule has 2 atom stereocenters. The number of anilines is 3. The van der Waals surface area contributed by atoms with E-state index in [1.165, 1.54) is 12.8 Å². The number of aliphatic imine (C=N–C) groups is 1. The largest absolute Gasteiger partial charge is 0.357 e. The lowest BCUT2D eigenvalue weighted by molar-refractivity contribution is -0.111. The van der Waals surface area contributed by atoms with Crippen LogP contribution in [0.25, 0.3) is 0 Å². The van der Waals surface area contributed by atoms with Crippen LogP contribution >= 0.6 is 0 Å². The van der Waals surface area contributed by atoms with E-state index < -0.39 is 16.5 Å². The minimum atomic E-state index is -1.21. The molecular weight excluding hydrogens is 464 g/mol. The molecule has 3 aliphatic rings. The Morgan fingerprint density at radius 2 is 2.03 bits per heavy atom. The quantitative estimate of drug-likeness (QED) is 0.381. The Hall–Kier alpha value is -3.44. The third-order valence-corrected chi connectivity index (χ3v) is 7.36. The molecule has 10 nitrogen and oxygen atoms in total. The third kappa shape index (κ3) is 5.15. The van der Waals surface area contributed by atoms with E-state index in [1.807, 2.05) is 48.5 Å². The fourth-order valence-corrected chi connectivity index (χ4v) is 5.43. The minimum absolute atomic E-state index is 0.157. The van der Waals surface area contributed by atoms with Crippen molar-refractivity contribution in [2.45, 2.75) is 18.5 Å². The van der Waals surface area contributed by atoms with Gasteiger partial charge in [-0.15, -0.1) is 0 Å². The molecule has 0 aliphatic carbocycles. The van der Waals surface area contributed by atoms with Crippen molar-refractivity contribution in [3.05, 3.63) is 59.9 Å². The maximum Gasteiger partial charge on any atom is 0.248 e. The standard InChI is InChI=1S/C24H30N8O2S/c1-30-16-20(14-26-30)28-23-25-15-21(35(2)34)24(17-32(23)24)29-19-8-5-7-18(13-19)27-22(33)9-6-12-31-10-3-4-11-31/h5-9,13-16,29H,3-4,10-12,17H2,1-2H3,(H,25,28)(H,27,33)/b9-6+. The van der Waals surface area contributed by atoms with Crippen LogP contribution in [-0.2, 0) is 22.6 Å². The predicted molar refractivity (Wildman–Crippen MR) is 139 cm³/mol. The number of hydrogen-bond acceptors (Lipinski definition) is 8. The second-order valence-electron chi connectivity index (χ2n) is 8.98. The van der Waals surface area contributed by atoms with E-state index in [4.69, 9.17) is 0 Å². The number of aromatic nitrogens is 2. The molecule has 11 heteroatoms. The van der Waals surface area contributed by atoms with Gasteiger partial charge in [0, 0.05) is 49.7 Å². The molecule has 2 saturated heterocycles. The number of rotatable bonds is 8. The van der Waals surface area contributed by atoms with Gasteiger partial charge in [0.1, 0.15) is 0 Å². The molecule has 1 aromatic heterocycles. The minimum Gasteiger partial charge on any atom is -0.357 e. The Bertz CT molecular complexity index is 1230. The maximum absolute atomic E-state index is 12.5. The van der Waals surface area contributed by atoms with Gasteiger partial charge in [-0.2, -0.15) is 5.10 Å². The number of nitrogens with one attached hydrogen (secondary N) is 3. The van der Waals surface area contributed by atoms with Gasteiger partial charge in [-0.05, 0) is 44.1 Å². The van der Waals surface area contributed by atoms with Crippen LogP contribution in [0.1, 0.15) is 12.8 Å². The van der Waals surface area contributed by atoms with Gasteiger partial charge < -0.3 is 20.9 Å². The first-order chi connectivity index (χ1) is 16.9. The lowest BCUT2D eigenvalue weighted by Crippen LogP contribution is -2.39. The molecule has 0 bridgehead atoms. The number of benzene rings is 1. The summed E-state index contributed by atoms with van der Waals surface area (Å²) in [6, 6.07) is 7.55. The summed E-state index contributed by atoms with van der Waals surface area (Å²) in [4.78, 5) is 22.0. The van der Waals surface area contributed by atoms with Crippen LogP contribution in [0.5, 0.6) is 0 Å². The molecule has 1 aromatic carbocycles. The summed E-state index contributed by atoms with van der Waals surface area (Å²) in [5, 5.41) is 13.9. The smallest absolute Gasteiger partial charge is 0.248 e. The predicted octanol–water partition coefficient (Wildman–Crippen LogP) is 2.14. The van der Waals surface area contributed by atoms with Crippen molar-refractivity contribution in [3.8, 4) is 0 Å². The molecule has 4 heterocycles. The normalized spacial score (nSPS) is 22.4. The summed E-state index contributed by atoms with van der Waals surface area (Å²) >= 11 is 0. The average Bonchev–Trinajstić information content (AvgIpc) is 3.12. The second-order valence-corrected chi connectivity index (χ2v) is 10.3. The number of carbonyl (C=O) groups is 1. The van der Waals surface area contributed by atoms with E-state index in [-0.39, 0.29) is 5.91 Å². The molecule has 5 rings (SSSR count). The summed E-state index contributed by atoms with van der Waals surface area (Å²) in [6.07, 6.45) is 12.9. The van der Waals surface area contributed by atoms with Gasteiger partial charge in [-0.1, -0.05) is 12.1 Å². The number of fused-ring (bicyclic) bond motifs is 1. The van der Waals surface area contributed by atoms with Crippen LogP contribution < -0.4 is 16.0 Å². The fourth-order valence-electron chi connectivity index (χ4n) is 4.52. The van der Waals surface area contributed by atoms with Gasteiger partial charge in [0.25, 0.3) is 0 Å². The number of likely N-dealkylation sites (tertiary alicyclic amines) is 1. The monoisotopic (exact) mass is 494 g/mol. The molecule has 0 spiro atoms. The van der Waals surface area contributed by atoms with E-state index >= 15 is 0 Å². The summed E-state index contributed by atoms with van der Waals surface area (Å²) in [5.41, 5.74) is 1.69. The van der Waals surface area contributed by atoms with Gasteiger partial charge in [0.15, 0.2) is 5.66 Å². The maximum atomic E-state index is 12.5. The van der Waals surface area contributed by atoms with Gasteiger partial charge in [-0.3, -0.25) is 18.6 Å². The molecule has 0 saturated carbocycles. The summed E-state index contributed by atoms with van der Waals surface area (Å²) < 4.78 is 14.2. The Morgan fingerprint density at radius 1 is 1.23 bits per heavy atom. The Labute approximate surface area is 207 Å². The van der Waals surface area contributed by atoms with Gasteiger partial charge in [-0.25, -0.2) is 4.99 Å². The van der Waals surface area contributed by atoms with Crippen molar-refractivity contribution in [1.29, 1.82) is 0 Å². The molecule has 2 aromatic rings. The Balaban J connectivity index is 1.26. The zero-order valence-corrected chi connectivity index (χ0v) is 20.7. The van der Waals surface area contributed by atoms with Crippen molar-refractivity contribution in [1.82, 2.24) is 19.6 Å². The summed E-state index contributed by atoms with van der Waals surface area (Å²) in [6.45, 7) is 3.61. The first-order valence-corrected chi connectivity index (χ1v) is 13.2. The van der Waals surface area contributed by atoms with Crippen molar-refractivity contribution in [2.75, 3.05) is 48.4 Å². The molecule has 0 radical (unpaired) electrons. The van der Waals surface area contributed by atoms with Crippen LogP contribution in [-0.4, -0.2) is 73.8 Å². The highest BCUT2D eigenvalue weighted by Crippen LogP contribution is 2.44. The summed E-state index contributed by atoms with van der Waals surface area (Å²) in [7, 11) is 0.644. The molecule has 184 valence electrons. The molecule has 3 aliphatic heterocycles. The molecule has 1 amide bonds. The molecule has 2 unspecified atom stereocenters. The number of hydrogen-bond donors (Lipinski definition) is 3. The van der Waals surface area contributed by atoms with E-state index in [1.54, 1.807) is 29.4 Å². The molecule has 3 N–H and O–H groups in total. The van der Waals surface area contributed by atoms with E-state index in [9.17, 15) is 9.00 Å². The van der Waals surface area contributed by atoms with Crippen molar-refractivity contribution in [2.24, 2.45) is 12.0 Å².